The zero-order valence-corrected chi connectivity index (χ0v) is 13.3. The van der Waals surface area contributed by atoms with Crippen LogP contribution >= 0.6 is 0 Å². The number of hydrogen-bond donors (Lipinski definition) is 2. The summed E-state index contributed by atoms with van der Waals surface area (Å²) in [5, 5.41) is 17.6. The number of hydrogen-bond acceptors (Lipinski definition) is 7. The van der Waals surface area contributed by atoms with Crippen molar-refractivity contribution in [3.8, 4) is 0 Å². The van der Waals surface area contributed by atoms with Gasteiger partial charge in [0.1, 0.15) is 6.04 Å². The summed E-state index contributed by atoms with van der Waals surface area (Å²) in [6.45, 7) is 1.82. The second-order valence-electron chi connectivity index (χ2n) is 5.49. The topological polar surface area (TPSA) is 111 Å². The lowest BCUT2D eigenvalue weighted by atomic mass is 9.96. The molecule has 1 aliphatic heterocycles. The second kappa shape index (κ2) is 6.11. The summed E-state index contributed by atoms with van der Waals surface area (Å²) in [5.74, 6) is 0.234. The Bertz CT molecular complexity index is 935. The zero-order valence-electron chi connectivity index (χ0n) is 13.3. The van der Waals surface area contributed by atoms with Crippen molar-refractivity contribution in [3.05, 3.63) is 65.9 Å². The molecule has 9 nitrogen and oxygen atoms in total. The van der Waals surface area contributed by atoms with Gasteiger partial charge in [0.15, 0.2) is 0 Å². The number of allylic oxidation sites excluding steroid dienone is 1. The number of tetrazole rings is 1. The highest BCUT2D eigenvalue weighted by Crippen LogP contribution is 2.34. The van der Waals surface area contributed by atoms with Gasteiger partial charge < -0.3 is 10.6 Å². The minimum Gasteiger partial charge on any atom is -0.326 e. The Balaban J connectivity index is 1.77. The molecule has 0 aliphatic carbocycles. The van der Waals surface area contributed by atoms with Crippen LogP contribution in [0.3, 0.4) is 0 Å². The van der Waals surface area contributed by atoms with Crippen molar-refractivity contribution in [1.82, 2.24) is 30.2 Å². The Morgan fingerprint density at radius 3 is 2.80 bits per heavy atom. The van der Waals surface area contributed by atoms with Gasteiger partial charge in [0, 0.05) is 24.3 Å². The Kier molecular flexibility index (Phi) is 3.65. The molecule has 25 heavy (non-hydrogen) atoms. The van der Waals surface area contributed by atoms with Gasteiger partial charge in [-0.1, -0.05) is 5.10 Å². The number of fused-ring (bicyclic) bond motifs is 1. The Morgan fingerprint density at radius 1 is 1.20 bits per heavy atom. The van der Waals surface area contributed by atoms with E-state index in [-0.39, 0.29) is 5.91 Å². The van der Waals surface area contributed by atoms with Gasteiger partial charge in [-0.05, 0) is 47.2 Å². The lowest BCUT2D eigenvalue weighted by Crippen LogP contribution is -2.31. The lowest BCUT2D eigenvalue weighted by Gasteiger charge is -2.27. The van der Waals surface area contributed by atoms with Crippen molar-refractivity contribution in [2.75, 3.05) is 10.6 Å². The summed E-state index contributed by atoms with van der Waals surface area (Å²) in [7, 11) is 0. The second-order valence-corrected chi connectivity index (χ2v) is 5.49. The Morgan fingerprint density at radius 2 is 2.04 bits per heavy atom. The summed E-state index contributed by atoms with van der Waals surface area (Å²) >= 11 is 0. The van der Waals surface area contributed by atoms with Crippen LogP contribution in [0.5, 0.6) is 0 Å². The third kappa shape index (κ3) is 2.71. The first-order chi connectivity index (χ1) is 12.2. The molecule has 1 aliphatic rings. The summed E-state index contributed by atoms with van der Waals surface area (Å²) in [6, 6.07) is 6.76. The molecular formula is C16H14N8O. The van der Waals surface area contributed by atoms with Crippen LogP contribution in [0.2, 0.25) is 0 Å². The minimum atomic E-state index is -0.453. The van der Waals surface area contributed by atoms with E-state index in [0.29, 0.717) is 22.9 Å². The number of carbonyl (C=O) groups excluding carboxylic acids is 1. The molecule has 0 bridgehead atoms. The molecule has 3 aromatic rings. The number of rotatable bonds is 3. The summed E-state index contributed by atoms with van der Waals surface area (Å²) in [4.78, 5) is 21.0. The van der Waals surface area contributed by atoms with Crippen molar-refractivity contribution >= 4 is 17.5 Å². The van der Waals surface area contributed by atoms with Gasteiger partial charge in [-0.25, -0.2) is 0 Å². The van der Waals surface area contributed by atoms with Crippen LogP contribution in [0.4, 0.5) is 11.6 Å². The van der Waals surface area contributed by atoms with E-state index in [1.54, 1.807) is 41.6 Å². The molecule has 0 aromatic carbocycles. The molecule has 0 saturated heterocycles. The normalized spacial score (nSPS) is 16.1. The number of anilines is 2. The van der Waals surface area contributed by atoms with Gasteiger partial charge in [-0.15, -0.1) is 0 Å². The number of nitrogens with one attached hydrogen (secondary N) is 2. The fourth-order valence-corrected chi connectivity index (χ4v) is 2.80. The van der Waals surface area contributed by atoms with E-state index in [9.17, 15) is 4.79 Å². The molecule has 9 heteroatoms. The maximum Gasteiger partial charge on any atom is 0.255 e. The fourth-order valence-electron chi connectivity index (χ4n) is 2.80. The van der Waals surface area contributed by atoms with E-state index in [1.165, 1.54) is 0 Å². The highest BCUT2D eigenvalue weighted by atomic mass is 16.1. The van der Waals surface area contributed by atoms with E-state index >= 15 is 0 Å². The SMILES string of the molecule is CC1=C(C(=O)Nc2cccnc2)[C@@H](c2ccncc2)n2nnnc2N1. The molecule has 0 radical (unpaired) electrons. The summed E-state index contributed by atoms with van der Waals surface area (Å²) in [5.41, 5.74) is 2.69. The molecule has 0 fully saturated rings. The largest absolute Gasteiger partial charge is 0.326 e. The lowest BCUT2D eigenvalue weighted by molar-refractivity contribution is -0.113. The van der Waals surface area contributed by atoms with E-state index < -0.39 is 6.04 Å². The number of pyridine rings is 2. The maximum atomic E-state index is 13.0. The monoisotopic (exact) mass is 334 g/mol. The Hall–Kier alpha value is -3.62. The fraction of sp³-hybridized carbons (Fsp3) is 0.125. The Labute approximate surface area is 142 Å². The van der Waals surface area contributed by atoms with Gasteiger partial charge in [-0.2, -0.15) is 4.68 Å². The molecular weight excluding hydrogens is 320 g/mol. The van der Waals surface area contributed by atoms with Crippen LogP contribution in [-0.4, -0.2) is 36.1 Å². The first-order valence-corrected chi connectivity index (χ1v) is 7.61. The molecule has 1 amide bonds. The number of carbonyl (C=O) groups is 1. The molecule has 124 valence electrons. The zero-order chi connectivity index (χ0) is 17.2. The van der Waals surface area contributed by atoms with Gasteiger partial charge in [0.05, 0.1) is 17.5 Å². The molecule has 0 unspecified atom stereocenters. The number of nitrogens with zero attached hydrogens (tertiary/aromatic N) is 6. The average molecular weight is 334 g/mol. The van der Waals surface area contributed by atoms with E-state index in [2.05, 4.69) is 36.1 Å². The maximum absolute atomic E-state index is 13.0. The first-order valence-electron chi connectivity index (χ1n) is 7.61. The van der Waals surface area contributed by atoms with Crippen LogP contribution in [-0.2, 0) is 4.79 Å². The first kappa shape index (κ1) is 14.9. The molecule has 4 heterocycles. The highest BCUT2D eigenvalue weighted by molar-refractivity contribution is 6.05. The minimum absolute atomic E-state index is 0.249. The molecule has 3 aromatic heterocycles. The van der Waals surface area contributed by atoms with E-state index in [0.717, 1.165) is 5.56 Å². The van der Waals surface area contributed by atoms with Crippen molar-refractivity contribution in [2.24, 2.45) is 0 Å². The van der Waals surface area contributed by atoms with Crippen LogP contribution < -0.4 is 10.6 Å². The van der Waals surface area contributed by atoms with Crippen molar-refractivity contribution < 1.29 is 4.79 Å². The van der Waals surface area contributed by atoms with Crippen molar-refractivity contribution in [3.63, 3.8) is 0 Å². The number of amides is 1. The molecule has 0 saturated carbocycles. The van der Waals surface area contributed by atoms with Crippen LogP contribution in [0, 0.1) is 0 Å². The third-order valence-electron chi connectivity index (χ3n) is 3.90. The standard InChI is InChI=1S/C16H14N8O/c1-10-13(15(25)20-12-3-2-6-18-9-12)14(11-4-7-17-8-5-11)24-16(19-10)21-22-23-24/h2-9,14H,1H3,(H,20,25)(H,19,21,23)/t14-/m1/s1. The third-order valence-corrected chi connectivity index (χ3v) is 3.90. The van der Waals surface area contributed by atoms with Crippen LogP contribution in [0.15, 0.2) is 60.3 Å². The van der Waals surface area contributed by atoms with Crippen LogP contribution in [0.1, 0.15) is 18.5 Å². The predicted molar refractivity (Wildman–Crippen MR) is 89.4 cm³/mol. The smallest absolute Gasteiger partial charge is 0.255 e. The molecule has 0 spiro atoms. The van der Waals surface area contributed by atoms with Crippen molar-refractivity contribution in [2.45, 2.75) is 13.0 Å². The van der Waals surface area contributed by atoms with E-state index in [1.807, 2.05) is 19.1 Å². The van der Waals surface area contributed by atoms with Gasteiger partial charge >= 0.3 is 0 Å². The van der Waals surface area contributed by atoms with Gasteiger partial charge in [0.25, 0.3) is 5.91 Å². The van der Waals surface area contributed by atoms with Crippen molar-refractivity contribution in [1.29, 1.82) is 0 Å². The summed E-state index contributed by atoms with van der Waals surface area (Å²) < 4.78 is 1.58. The van der Waals surface area contributed by atoms with Gasteiger partial charge in [-0.3, -0.25) is 14.8 Å². The average Bonchev–Trinajstić information content (AvgIpc) is 3.10. The molecule has 4 rings (SSSR count). The summed E-state index contributed by atoms with van der Waals surface area (Å²) in [6.07, 6.45) is 6.59. The van der Waals surface area contributed by atoms with Crippen LogP contribution in [0.25, 0.3) is 0 Å². The van der Waals surface area contributed by atoms with Gasteiger partial charge in [0.2, 0.25) is 5.95 Å². The number of aromatic nitrogens is 6. The molecule has 1 atom stereocenters. The predicted octanol–water partition coefficient (Wildman–Crippen LogP) is 1.39. The molecule has 2 N–H and O–H groups in total. The highest BCUT2D eigenvalue weighted by Gasteiger charge is 2.33. The quantitative estimate of drug-likeness (QED) is 0.744. The van der Waals surface area contributed by atoms with E-state index in [4.69, 9.17) is 0 Å².